The third kappa shape index (κ3) is 2.16. The van der Waals surface area contributed by atoms with Crippen molar-refractivity contribution in [2.75, 3.05) is 0 Å². The fourth-order valence-electron chi connectivity index (χ4n) is 2.28. The molecule has 84 valence electrons. The van der Waals surface area contributed by atoms with Crippen LogP contribution in [0.25, 0.3) is 5.57 Å². The Hall–Kier alpha value is -1.57. The molecule has 0 radical (unpaired) electrons. The first-order valence-corrected chi connectivity index (χ1v) is 5.77. The van der Waals surface area contributed by atoms with Crippen molar-refractivity contribution in [3.63, 3.8) is 0 Å². The number of allylic oxidation sites excluding steroid dienone is 2. The third-order valence-corrected chi connectivity index (χ3v) is 3.26. The van der Waals surface area contributed by atoms with Crippen molar-refractivity contribution in [3.05, 3.63) is 41.0 Å². The number of hydrogen-bond donors (Lipinski definition) is 1. The molecule has 1 amide bonds. The molecule has 0 atom stereocenters. The van der Waals surface area contributed by atoms with E-state index in [0.717, 1.165) is 6.42 Å². The summed E-state index contributed by atoms with van der Waals surface area (Å²) < 4.78 is 0. The van der Waals surface area contributed by atoms with Gasteiger partial charge < -0.3 is 5.73 Å². The van der Waals surface area contributed by atoms with Crippen LogP contribution in [0, 0.1) is 0 Å². The van der Waals surface area contributed by atoms with Gasteiger partial charge in [0, 0.05) is 5.56 Å². The number of primary amides is 1. The fourth-order valence-corrected chi connectivity index (χ4v) is 2.28. The summed E-state index contributed by atoms with van der Waals surface area (Å²) in [5.74, 6) is -0.360. The third-order valence-electron chi connectivity index (χ3n) is 3.26. The molecule has 0 heterocycles. The van der Waals surface area contributed by atoms with Crippen molar-refractivity contribution in [1.29, 1.82) is 0 Å². The Labute approximate surface area is 96.2 Å². The van der Waals surface area contributed by atoms with Gasteiger partial charge in [-0.05, 0) is 55.9 Å². The van der Waals surface area contributed by atoms with E-state index in [1.165, 1.54) is 36.0 Å². The predicted octanol–water partition coefficient (Wildman–Crippen LogP) is 3.13. The average molecular weight is 215 g/mol. The zero-order valence-corrected chi connectivity index (χ0v) is 9.62. The molecular formula is C14H17NO. The van der Waals surface area contributed by atoms with Crippen LogP contribution in [0.15, 0.2) is 29.8 Å². The Bertz CT molecular complexity index is 429. The number of rotatable bonds is 2. The summed E-state index contributed by atoms with van der Waals surface area (Å²) in [7, 11) is 0. The summed E-state index contributed by atoms with van der Waals surface area (Å²) in [5.41, 5.74) is 9.97. The highest BCUT2D eigenvalue weighted by molar-refractivity contribution is 5.93. The normalized spacial score (nSPS) is 16.3. The van der Waals surface area contributed by atoms with Crippen LogP contribution in [-0.4, -0.2) is 5.91 Å². The molecule has 0 aliphatic heterocycles. The number of carbonyl (C=O) groups excluding carboxylic acids is 1. The summed E-state index contributed by atoms with van der Waals surface area (Å²) in [4.78, 5) is 11.0. The SMILES string of the molecule is CC1=C(c2ccc(C(N)=O)cc2)CCCC1. The maximum Gasteiger partial charge on any atom is 0.248 e. The molecule has 0 aromatic heterocycles. The average Bonchev–Trinajstić information content (AvgIpc) is 2.30. The minimum absolute atomic E-state index is 0.360. The lowest BCUT2D eigenvalue weighted by Gasteiger charge is -2.18. The lowest BCUT2D eigenvalue weighted by molar-refractivity contribution is 0.100. The van der Waals surface area contributed by atoms with E-state index in [2.05, 4.69) is 6.92 Å². The predicted molar refractivity (Wildman–Crippen MR) is 66.0 cm³/mol. The van der Waals surface area contributed by atoms with E-state index >= 15 is 0 Å². The second-order valence-corrected chi connectivity index (χ2v) is 4.41. The Morgan fingerprint density at radius 3 is 2.31 bits per heavy atom. The number of hydrogen-bond acceptors (Lipinski definition) is 1. The highest BCUT2D eigenvalue weighted by Gasteiger charge is 2.11. The van der Waals surface area contributed by atoms with Gasteiger partial charge in [-0.2, -0.15) is 0 Å². The largest absolute Gasteiger partial charge is 0.366 e. The Morgan fingerprint density at radius 1 is 1.12 bits per heavy atom. The zero-order chi connectivity index (χ0) is 11.5. The van der Waals surface area contributed by atoms with E-state index in [4.69, 9.17) is 5.73 Å². The standard InChI is InChI=1S/C14H17NO/c1-10-4-2-3-5-13(10)11-6-8-12(9-7-11)14(15)16/h6-9H,2-5H2,1H3,(H2,15,16). The van der Waals surface area contributed by atoms with E-state index in [1.54, 1.807) is 0 Å². The van der Waals surface area contributed by atoms with Gasteiger partial charge in [-0.1, -0.05) is 17.7 Å². The maximum atomic E-state index is 11.0. The summed E-state index contributed by atoms with van der Waals surface area (Å²) in [6, 6.07) is 7.63. The Kier molecular flexibility index (Phi) is 3.09. The van der Waals surface area contributed by atoms with Gasteiger partial charge in [0.1, 0.15) is 0 Å². The topological polar surface area (TPSA) is 43.1 Å². The van der Waals surface area contributed by atoms with Gasteiger partial charge in [-0.15, -0.1) is 0 Å². The smallest absolute Gasteiger partial charge is 0.248 e. The lowest BCUT2D eigenvalue weighted by atomic mass is 9.88. The molecule has 2 heteroatoms. The van der Waals surface area contributed by atoms with Crippen molar-refractivity contribution in [2.45, 2.75) is 32.6 Å². The molecule has 0 fully saturated rings. The van der Waals surface area contributed by atoms with Crippen molar-refractivity contribution in [3.8, 4) is 0 Å². The van der Waals surface area contributed by atoms with Gasteiger partial charge in [0.25, 0.3) is 0 Å². The quantitative estimate of drug-likeness (QED) is 0.809. The first-order chi connectivity index (χ1) is 7.68. The summed E-state index contributed by atoms with van der Waals surface area (Å²) in [5, 5.41) is 0. The van der Waals surface area contributed by atoms with Crippen LogP contribution in [0.1, 0.15) is 48.5 Å². The van der Waals surface area contributed by atoms with E-state index in [0.29, 0.717) is 5.56 Å². The fraction of sp³-hybridized carbons (Fsp3) is 0.357. The molecule has 1 aliphatic carbocycles. The van der Waals surface area contributed by atoms with Crippen molar-refractivity contribution in [2.24, 2.45) is 5.73 Å². The molecule has 2 N–H and O–H groups in total. The zero-order valence-electron chi connectivity index (χ0n) is 9.62. The molecule has 0 saturated heterocycles. The van der Waals surface area contributed by atoms with Gasteiger partial charge in [-0.3, -0.25) is 4.79 Å². The van der Waals surface area contributed by atoms with Crippen molar-refractivity contribution >= 4 is 11.5 Å². The maximum absolute atomic E-state index is 11.0. The number of amides is 1. The highest BCUT2D eigenvalue weighted by Crippen LogP contribution is 2.31. The molecule has 0 spiro atoms. The van der Waals surface area contributed by atoms with Crippen LogP contribution in [0.5, 0.6) is 0 Å². The highest BCUT2D eigenvalue weighted by atomic mass is 16.1. The van der Waals surface area contributed by atoms with Gasteiger partial charge in [0.2, 0.25) is 5.91 Å². The van der Waals surface area contributed by atoms with E-state index in [9.17, 15) is 4.79 Å². The van der Waals surface area contributed by atoms with E-state index in [-0.39, 0.29) is 5.91 Å². The number of nitrogens with two attached hydrogens (primary N) is 1. The first kappa shape index (κ1) is 10.9. The Balaban J connectivity index is 2.31. The van der Waals surface area contributed by atoms with Crippen LogP contribution in [0.4, 0.5) is 0 Å². The van der Waals surface area contributed by atoms with Crippen LogP contribution in [0.2, 0.25) is 0 Å². The minimum atomic E-state index is -0.360. The molecular weight excluding hydrogens is 198 g/mol. The molecule has 1 aromatic carbocycles. The van der Waals surface area contributed by atoms with E-state index in [1.807, 2.05) is 24.3 Å². The summed E-state index contributed by atoms with van der Waals surface area (Å²) in [6.45, 7) is 2.20. The van der Waals surface area contributed by atoms with Gasteiger partial charge in [0.05, 0.1) is 0 Å². The molecule has 16 heavy (non-hydrogen) atoms. The monoisotopic (exact) mass is 215 g/mol. The molecule has 0 unspecified atom stereocenters. The van der Waals surface area contributed by atoms with Crippen LogP contribution < -0.4 is 5.73 Å². The number of benzene rings is 1. The minimum Gasteiger partial charge on any atom is -0.366 e. The molecule has 2 rings (SSSR count). The van der Waals surface area contributed by atoms with Crippen molar-refractivity contribution in [1.82, 2.24) is 0 Å². The van der Waals surface area contributed by atoms with E-state index < -0.39 is 0 Å². The molecule has 0 bridgehead atoms. The van der Waals surface area contributed by atoms with Crippen LogP contribution in [-0.2, 0) is 0 Å². The van der Waals surface area contributed by atoms with Crippen LogP contribution in [0.3, 0.4) is 0 Å². The van der Waals surface area contributed by atoms with Gasteiger partial charge in [-0.25, -0.2) is 0 Å². The molecule has 1 aliphatic rings. The number of carbonyl (C=O) groups is 1. The second-order valence-electron chi connectivity index (χ2n) is 4.41. The lowest BCUT2D eigenvalue weighted by Crippen LogP contribution is -2.10. The summed E-state index contributed by atoms with van der Waals surface area (Å²) >= 11 is 0. The van der Waals surface area contributed by atoms with Crippen LogP contribution >= 0.6 is 0 Å². The summed E-state index contributed by atoms with van der Waals surface area (Å²) in [6.07, 6.45) is 4.92. The molecule has 2 nitrogen and oxygen atoms in total. The van der Waals surface area contributed by atoms with Crippen molar-refractivity contribution < 1.29 is 4.79 Å². The Morgan fingerprint density at radius 2 is 1.75 bits per heavy atom. The molecule has 0 saturated carbocycles. The van der Waals surface area contributed by atoms with Gasteiger partial charge in [0.15, 0.2) is 0 Å². The van der Waals surface area contributed by atoms with Gasteiger partial charge >= 0.3 is 0 Å². The molecule has 1 aromatic rings. The first-order valence-electron chi connectivity index (χ1n) is 5.77. The second kappa shape index (κ2) is 4.52.